The van der Waals surface area contributed by atoms with Crippen molar-refractivity contribution in [3.8, 4) is 11.4 Å². The normalized spacial score (nSPS) is 14.9. The van der Waals surface area contributed by atoms with E-state index >= 15 is 0 Å². The maximum atomic E-state index is 13.1. The first-order valence-corrected chi connectivity index (χ1v) is 9.62. The lowest BCUT2D eigenvalue weighted by molar-refractivity contribution is 0.0619. The number of amides is 1. The molecule has 0 spiro atoms. The molecule has 2 heterocycles. The van der Waals surface area contributed by atoms with Crippen LogP contribution in [0.1, 0.15) is 21.6 Å². The second-order valence-electron chi connectivity index (χ2n) is 7.28. The Kier molecular flexibility index (Phi) is 5.31. The topological polar surface area (TPSA) is 61.6 Å². The summed E-state index contributed by atoms with van der Waals surface area (Å²) in [5, 5.41) is 14.4. The summed E-state index contributed by atoms with van der Waals surface area (Å²) in [6.45, 7) is 5.65. The van der Waals surface area contributed by atoms with Gasteiger partial charge in [0.15, 0.2) is 11.4 Å². The van der Waals surface area contributed by atoms with Crippen LogP contribution in [-0.2, 0) is 6.54 Å². The summed E-state index contributed by atoms with van der Waals surface area (Å²) in [5.41, 5.74) is 3.15. The third-order valence-corrected chi connectivity index (χ3v) is 5.30. The van der Waals surface area contributed by atoms with Crippen molar-refractivity contribution in [1.29, 1.82) is 0 Å². The van der Waals surface area contributed by atoms with Crippen LogP contribution in [0.3, 0.4) is 0 Å². The van der Waals surface area contributed by atoms with Crippen LogP contribution in [0.15, 0.2) is 54.7 Å². The van der Waals surface area contributed by atoms with Crippen LogP contribution in [0.5, 0.6) is 5.75 Å². The van der Waals surface area contributed by atoms with Crippen molar-refractivity contribution in [3.63, 3.8) is 0 Å². The molecule has 1 N–H and O–H groups in total. The lowest BCUT2D eigenvalue weighted by Gasteiger charge is -2.34. The fourth-order valence-electron chi connectivity index (χ4n) is 3.53. The molecule has 3 aromatic rings. The molecule has 0 atom stereocenters. The molecule has 1 amide bonds. The number of rotatable bonds is 4. The highest BCUT2D eigenvalue weighted by Gasteiger charge is 2.26. The molecule has 29 heavy (non-hydrogen) atoms. The molecule has 1 saturated heterocycles. The zero-order valence-corrected chi connectivity index (χ0v) is 16.3. The number of aromatic hydroxyl groups is 1. The van der Waals surface area contributed by atoms with Gasteiger partial charge in [-0.2, -0.15) is 5.10 Å². The van der Waals surface area contributed by atoms with E-state index in [1.807, 2.05) is 12.1 Å². The minimum Gasteiger partial charge on any atom is -0.504 e. The molecular weight excluding hydrogens is 371 g/mol. The molecule has 1 fully saturated rings. The Bertz CT molecular complexity index is 1010. The first-order valence-electron chi connectivity index (χ1n) is 9.62. The van der Waals surface area contributed by atoms with Gasteiger partial charge in [0.25, 0.3) is 5.91 Å². The van der Waals surface area contributed by atoms with E-state index in [4.69, 9.17) is 0 Å². The Labute approximate surface area is 168 Å². The second kappa shape index (κ2) is 8.05. The highest BCUT2D eigenvalue weighted by Crippen LogP contribution is 2.21. The number of carbonyl (C=O) groups excluding carboxylic acids is 1. The summed E-state index contributed by atoms with van der Waals surface area (Å²) in [6, 6.07) is 14.0. The Morgan fingerprint density at radius 3 is 2.45 bits per heavy atom. The van der Waals surface area contributed by atoms with Gasteiger partial charge in [-0.05, 0) is 42.3 Å². The maximum Gasteiger partial charge on any atom is 0.278 e. The van der Waals surface area contributed by atoms with E-state index in [1.165, 1.54) is 34.1 Å². The Hall–Kier alpha value is -3.19. The fraction of sp³-hybridized carbons (Fsp3) is 0.273. The van der Waals surface area contributed by atoms with Crippen molar-refractivity contribution < 1.29 is 14.3 Å². The third-order valence-electron chi connectivity index (χ3n) is 5.30. The number of aryl methyl sites for hydroxylation is 1. The van der Waals surface area contributed by atoms with Gasteiger partial charge in [0.1, 0.15) is 5.82 Å². The molecule has 0 bridgehead atoms. The number of hydrogen-bond acceptors (Lipinski definition) is 4. The van der Waals surface area contributed by atoms with Gasteiger partial charge < -0.3 is 10.0 Å². The number of piperazine rings is 1. The highest BCUT2D eigenvalue weighted by atomic mass is 19.1. The zero-order chi connectivity index (χ0) is 20.4. The van der Waals surface area contributed by atoms with Crippen LogP contribution in [0, 0.1) is 12.7 Å². The van der Waals surface area contributed by atoms with Crippen molar-refractivity contribution in [2.45, 2.75) is 13.5 Å². The van der Waals surface area contributed by atoms with Crippen molar-refractivity contribution >= 4 is 5.91 Å². The number of halogens is 1. The number of nitrogens with zero attached hydrogens (tertiary/aromatic N) is 4. The number of hydrogen-bond donors (Lipinski definition) is 1. The molecule has 4 rings (SSSR count). The first kappa shape index (κ1) is 19.1. The largest absolute Gasteiger partial charge is 0.504 e. The van der Waals surface area contributed by atoms with Crippen LogP contribution < -0.4 is 0 Å². The van der Waals surface area contributed by atoms with Gasteiger partial charge in [0.2, 0.25) is 0 Å². The van der Waals surface area contributed by atoms with Crippen LogP contribution in [0.4, 0.5) is 4.39 Å². The Balaban J connectivity index is 1.41. The second-order valence-corrected chi connectivity index (χ2v) is 7.28. The molecule has 1 aliphatic heterocycles. The van der Waals surface area contributed by atoms with Gasteiger partial charge in [-0.1, -0.05) is 24.3 Å². The minimum absolute atomic E-state index is 0.0154. The lowest BCUT2D eigenvalue weighted by atomic mass is 10.1. The van der Waals surface area contributed by atoms with Gasteiger partial charge in [-0.25, -0.2) is 9.07 Å². The van der Waals surface area contributed by atoms with Gasteiger partial charge in [-0.15, -0.1) is 0 Å². The van der Waals surface area contributed by atoms with E-state index in [0.717, 1.165) is 19.6 Å². The standard InChI is InChI=1S/C22H23FN4O2/c1-16-4-2-3-5-17(16)14-25-10-12-26(13-11-25)22(29)21-20(28)15-27(24-21)19-8-6-18(23)7-9-19/h2-9,15,28H,10-14H2,1H3. The molecule has 6 nitrogen and oxygen atoms in total. The zero-order valence-electron chi connectivity index (χ0n) is 16.3. The van der Waals surface area contributed by atoms with Gasteiger partial charge in [-0.3, -0.25) is 9.69 Å². The van der Waals surface area contributed by atoms with Gasteiger partial charge in [0.05, 0.1) is 11.9 Å². The van der Waals surface area contributed by atoms with Crippen molar-refractivity contribution in [2.75, 3.05) is 26.2 Å². The van der Waals surface area contributed by atoms with Crippen LogP contribution >= 0.6 is 0 Å². The summed E-state index contributed by atoms with van der Waals surface area (Å²) in [5.74, 6) is -0.828. The van der Waals surface area contributed by atoms with E-state index in [-0.39, 0.29) is 23.2 Å². The predicted molar refractivity (Wildman–Crippen MR) is 108 cm³/mol. The molecule has 1 aromatic heterocycles. The fourth-order valence-corrected chi connectivity index (χ4v) is 3.53. The van der Waals surface area contributed by atoms with Gasteiger partial charge >= 0.3 is 0 Å². The van der Waals surface area contributed by atoms with Gasteiger partial charge in [0, 0.05) is 32.7 Å². The summed E-state index contributed by atoms with van der Waals surface area (Å²) in [4.78, 5) is 16.9. The average Bonchev–Trinajstić information content (AvgIpc) is 3.12. The van der Waals surface area contributed by atoms with Crippen LogP contribution in [-0.4, -0.2) is 56.8 Å². The van der Waals surface area contributed by atoms with E-state index in [9.17, 15) is 14.3 Å². The van der Waals surface area contributed by atoms with E-state index in [2.05, 4.69) is 29.1 Å². The molecule has 150 valence electrons. The maximum absolute atomic E-state index is 13.1. The van der Waals surface area contributed by atoms with Crippen molar-refractivity contribution in [3.05, 3.63) is 77.4 Å². The first-order chi connectivity index (χ1) is 14.0. The molecule has 2 aromatic carbocycles. The quantitative estimate of drug-likeness (QED) is 0.739. The van der Waals surface area contributed by atoms with Crippen molar-refractivity contribution in [1.82, 2.24) is 19.6 Å². The van der Waals surface area contributed by atoms with E-state index in [1.54, 1.807) is 17.0 Å². The lowest BCUT2D eigenvalue weighted by Crippen LogP contribution is -2.48. The summed E-state index contributed by atoms with van der Waals surface area (Å²) in [6.07, 6.45) is 1.37. The van der Waals surface area contributed by atoms with Crippen molar-refractivity contribution in [2.24, 2.45) is 0 Å². The van der Waals surface area contributed by atoms with E-state index < -0.39 is 0 Å². The molecule has 0 saturated carbocycles. The monoisotopic (exact) mass is 394 g/mol. The molecule has 1 aliphatic rings. The highest BCUT2D eigenvalue weighted by molar-refractivity contribution is 5.95. The predicted octanol–water partition coefficient (Wildman–Crippen LogP) is 2.98. The minimum atomic E-state index is -0.356. The van der Waals surface area contributed by atoms with E-state index in [0.29, 0.717) is 18.8 Å². The SMILES string of the molecule is Cc1ccccc1CN1CCN(C(=O)c2nn(-c3ccc(F)cc3)cc2O)CC1. The van der Waals surface area contributed by atoms with Crippen LogP contribution in [0.2, 0.25) is 0 Å². The number of aromatic nitrogens is 2. The average molecular weight is 394 g/mol. The van der Waals surface area contributed by atoms with Crippen LogP contribution in [0.25, 0.3) is 5.69 Å². The molecular formula is C22H23FN4O2. The molecule has 7 heteroatoms. The molecule has 0 unspecified atom stereocenters. The smallest absolute Gasteiger partial charge is 0.278 e. The number of benzene rings is 2. The summed E-state index contributed by atoms with van der Waals surface area (Å²) < 4.78 is 14.5. The number of carbonyl (C=O) groups is 1. The Morgan fingerprint density at radius 2 is 1.76 bits per heavy atom. The molecule has 0 aliphatic carbocycles. The summed E-state index contributed by atoms with van der Waals surface area (Å²) >= 11 is 0. The Morgan fingerprint density at radius 1 is 1.07 bits per heavy atom. The third kappa shape index (κ3) is 4.14. The summed E-state index contributed by atoms with van der Waals surface area (Å²) in [7, 11) is 0. The molecule has 0 radical (unpaired) electrons.